The molecule has 0 unspecified atom stereocenters. The summed E-state index contributed by atoms with van der Waals surface area (Å²) in [5.74, 6) is 0.847. The van der Waals surface area contributed by atoms with E-state index in [2.05, 4.69) is 34.2 Å². The number of aryl methyl sites for hydroxylation is 1. The van der Waals surface area contributed by atoms with Crippen molar-refractivity contribution in [3.63, 3.8) is 0 Å². The van der Waals surface area contributed by atoms with Gasteiger partial charge in [-0.25, -0.2) is 4.98 Å². The fourth-order valence-corrected chi connectivity index (χ4v) is 2.81. The molecule has 0 amide bonds. The molecule has 2 heterocycles. The summed E-state index contributed by atoms with van der Waals surface area (Å²) in [6.45, 7) is 0.621. The summed E-state index contributed by atoms with van der Waals surface area (Å²) in [5.41, 5.74) is 7.00. The number of hydrogen-bond donors (Lipinski definition) is 1. The molecule has 4 nitrogen and oxygen atoms in total. The third kappa shape index (κ3) is 2.88. The molecular formula is C15H15N3OS. The van der Waals surface area contributed by atoms with E-state index in [0.717, 1.165) is 23.1 Å². The Balaban J connectivity index is 1.61. The van der Waals surface area contributed by atoms with Crippen molar-refractivity contribution in [3.8, 4) is 5.88 Å². The predicted molar refractivity (Wildman–Crippen MR) is 82.1 cm³/mol. The molecule has 0 spiro atoms. The van der Waals surface area contributed by atoms with Gasteiger partial charge in [0.2, 0.25) is 11.8 Å². The van der Waals surface area contributed by atoms with Crippen molar-refractivity contribution < 1.29 is 4.74 Å². The molecule has 3 rings (SSSR count). The Morgan fingerprint density at radius 2 is 1.95 bits per heavy atom. The van der Waals surface area contributed by atoms with Gasteiger partial charge < -0.3 is 10.5 Å². The minimum absolute atomic E-state index is 0.262. The fourth-order valence-electron chi connectivity index (χ4n) is 2.04. The number of benzene rings is 1. The van der Waals surface area contributed by atoms with Gasteiger partial charge in [-0.2, -0.15) is 4.98 Å². The van der Waals surface area contributed by atoms with Gasteiger partial charge in [0.15, 0.2) is 0 Å². The highest BCUT2D eigenvalue weighted by atomic mass is 32.1. The zero-order chi connectivity index (χ0) is 13.8. The monoisotopic (exact) mass is 285 g/mol. The van der Waals surface area contributed by atoms with E-state index in [-0.39, 0.29) is 5.95 Å². The van der Waals surface area contributed by atoms with Crippen molar-refractivity contribution in [3.05, 3.63) is 47.3 Å². The molecule has 0 fully saturated rings. The SMILES string of the molecule is Nc1nc(OCCCc2ccccc2)c2ccsc2n1. The lowest BCUT2D eigenvalue weighted by molar-refractivity contribution is 0.303. The van der Waals surface area contributed by atoms with Crippen LogP contribution in [0.3, 0.4) is 0 Å². The number of anilines is 1. The Kier molecular flexibility index (Phi) is 3.78. The smallest absolute Gasteiger partial charge is 0.227 e. The average molecular weight is 285 g/mol. The van der Waals surface area contributed by atoms with Gasteiger partial charge in [-0.15, -0.1) is 11.3 Å². The number of rotatable bonds is 5. The van der Waals surface area contributed by atoms with Crippen molar-refractivity contribution in [1.29, 1.82) is 0 Å². The van der Waals surface area contributed by atoms with Gasteiger partial charge in [0, 0.05) is 0 Å². The third-order valence-electron chi connectivity index (χ3n) is 3.00. The number of nitrogen functional groups attached to an aromatic ring is 1. The lowest BCUT2D eigenvalue weighted by Gasteiger charge is -2.07. The molecule has 5 heteroatoms. The first kappa shape index (κ1) is 12.9. The molecule has 0 radical (unpaired) electrons. The molecule has 20 heavy (non-hydrogen) atoms. The fraction of sp³-hybridized carbons (Fsp3) is 0.200. The van der Waals surface area contributed by atoms with E-state index in [9.17, 15) is 0 Å². The molecule has 0 aliphatic carbocycles. The summed E-state index contributed by atoms with van der Waals surface area (Å²) in [6.07, 6.45) is 1.94. The molecule has 1 aromatic carbocycles. The Hall–Kier alpha value is -2.14. The van der Waals surface area contributed by atoms with E-state index >= 15 is 0 Å². The summed E-state index contributed by atoms with van der Waals surface area (Å²) in [5, 5.41) is 2.90. The first-order valence-electron chi connectivity index (χ1n) is 6.50. The topological polar surface area (TPSA) is 61.0 Å². The van der Waals surface area contributed by atoms with Crippen LogP contribution in [0.2, 0.25) is 0 Å². The second-order valence-corrected chi connectivity index (χ2v) is 5.36. The maximum absolute atomic E-state index is 5.76. The van der Waals surface area contributed by atoms with Gasteiger partial charge in [-0.05, 0) is 29.9 Å². The largest absolute Gasteiger partial charge is 0.477 e. The second kappa shape index (κ2) is 5.88. The maximum atomic E-state index is 5.76. The molecule has 0 bridgehead atoms. The van der Waals surface area contributed by atoms with Crippen LogP contribution in [0.5, 0.6) is 5.88 Å². The molecule has 0 aliphatic rings. The molecule has 0 saturated carbocycles. The minimum Gasteiger partial charge on any atom is -0.477 e. The van der Waals surface area contributed by atoms with Crippen LogP contribution in [0.1, 0.15) is 12.0 Å². The standard InChI is InChI=1S/C15H15N3OS/c16-15-17-13(12-8-10-20-14(12)18-15)19-9-4-7-11-5-2-1-3-6-11/h1-3,5-6,8,10H,4,7,9H2,(H2,16,17,18). The lowest BCUT2D eigenvalue weighted by atomic mass is 10.1. The van der Waals surface area contributed by atoms with Crippen LogP contribution >= 0.6 is 11.3 Å². The average Bonchev–Trinajstić information content (AvgIpc) is 2.92. The highest BCUT2D eigenvalue weighted by Gasteiger charge is 2.08. The quantitative estimate of drug-likeness (QED) is 0.731. The number of aromatic nitrogens is 2. The van der Waals surface area contributed by atoms with Gasteiger partial charge in [0.25, 0.3) is 0 Å². The number of nitrogens with zero attached hydrogens (tertiary/aromatic N) is 2. The third-order valence-corrected chi connectivity index (χ3v) is 3.81. The summed E-state index contributed by atoms with van der Waals surface area (Å²) < 4.78 is 5.76. The van der Waals surface area contributed by atoms with E-state index in [1.165, 1.54) is 5.56 Å². The first-order chi connectivity index (χ1) is 9.83. The van der Waals surface area contributed by atoms with E-state index < -0.39 is 0 Å². The van der Waals surface area contributed by atoms with Crippen LogP contribution in [0.25, 0.3) is 10.2 Å². The van der Waals surface area contributed by atoms with Crippen LogP contribution < -0.4 is 10.5 Å². The molecule has 0 atom stereocenters. The molecule has 3 aromatic rings. The van der Waals surface area contributed by atoms with E-state index in [0.29, 0.717) is 12.5 Å². The van der Waals surface area contributed by atoms with Gasteiger partial charge >= 0.3 is 0 Å². The van der Waals surface area contributed by atoms with Gasteiger partial charge in [-0.1, -0.05) is 30.3 Å². The highest BCUT2D eigenvalue weighted by Crippen LogP contribution is 2.27. The van der Waals surface area contributed by atoms with Gasteiger partial charge in [0.05, 0.1) is 12.0 Å². The van der Waals surface area contributed by atoms with E-state index in [4.69, 9.17) is 10.5 Å². The van der Waals surface area contributed by atoms with Crippen molar-refractivity contribution >= 4 is 27.5 Å². The predicted octanol–water partition coefficient (Wildman–Crippen LogP) is 3.29. The molecule has 0 saturated heterocycles. The van der Waals surface area contributed by atoms with Crippen LogP contribution in [-0.2, 0) is 6.42 Å². The summed E-state index contributed by atoms with van der Waals surface area (Å²) in [7, 11) is 0. The Bertz CT molecular complexity index is 697. The Morgan fingerprint density at radius 3 is 2.80 bits per heavy atom. The normalized spacial score (nSPS) is 10.8. The maximum Gasteiger partial charge on any atom is 0.227 e. The highest BCUT2D eigenvalue weighted by molar-refractivity contribution is 7.16. The molecule has 2 aromatic heterocycles. The molecule has 0 aliphatic heterocycles. The number of thiophene rings is 1. The summed E-state index contributed by atoms with van der Waals surface area (Å²) >= 11 is 1.54. The van der Waals surface area contributed by atoms with Gasteiger partial charge in [0.1, 0.15) is 4.83 Å². The first-order valence-corrected chi connectivity index (χ1v) is 7.38. The van der Waals surface area contributed by atoms with Crippen molar-refractivity contribution in [2.75, 3.05) is 12.3 Å². The van der Waals surface area contributed by atoms with Crippen LogP contribution in [0.4, 0.5) is 5.95 Å². The number of ether oxygens (including phenoxy) is 1. The molecule has 2 N–H and O–H groups in total. The zero-order valence-corrected chi connectivity index (χ0v) is 11.8. The van der Waals surface area contributed by atoms with Crippen molar-refractivity contribution in [2.24, 2.45) is 0 Å². The van der Waals surface area contributed by atoms with Crippen molar-refractivity contribution in [2.45, 2.75) is 12.8 Å². The van der Waals surface area contributed by atoms with Crippen LogP contribution in [0.15, 0.2) is 41.8 Å². The molecule has 102 valence electrons. The Labute approximate surface area is 121 Å². The van der Waals surface area contributed by atoms with E-state index in [1.807, 2.05) is 17.5 Å². The number of hydrogen-bond acceptors (Lipinski definition) is 5. The summed E-state index contributed by atoms with van der Waals surface area (Å²) in [6, 6.07) is 12.3. The lowest BCUT2D eigenvalue weighted by Crippen LogP contribution is -2.03. The summed E-state index contributed by atoms with van der Waals surface area (Å²) in [4.78, 5) is 9.22. The van der Waals surface area contributed by atoms with E-state index in [1.54, 1.807) is 11.3 Å². The number of fused-ring (bicyclic) bond motifs is 1. The number of nitrogens with two attached hydrogens (primary N) is 1. The van der Waals surface area contributed by atoms with Crippen LogP contribution in [0, 0.1) is 0 Å². The van der Waals surface area contributed by atoms with Crippen molar-refractivity contribution in [1.82, 2.24) is 9.97 Å². The molecular weight excluding hydrogens is 270 g/mol. The second-order valence-electron chi connectivity index (χ2n) is 4.46. The minimum atomic E-state index is 0.262. The van der Waals surface area contributed by atoms with Crippen LogP contribution in [-0.4, -0.2) is 16.6 Å². The zero-order valence-electron chi connectivity index (χ0n) is 11.0. The Morgan fingerprint density at radius 1 is 1.10 bits per heavy atom. The van der Waals surface area contributed by atoms with Gasteiger partial charge in [-0.3, -0.25) is 0 Å².